The predicted molar refractivity (Wildman–Crippen MR) is 74.9 cm³/mol. The highest BCUT2D eigenvalue weighted by molar-refractivity contribution is 6.33. The van der Waals surface area contributed by atoms with Gasteiger partial charge in [-0.05, 0) is 56.3 Å². The zero-order valence-electron chi connectivity index (χ0n) is 10.3. The first-order chi connectivity index (χ1) is 8.31. The van der Waals surface area contributed by atoms with E-state index in [1.165, 1.54) is 24.1 Å². The molecule has 0 aromatic heterocycles. The predicted octanol–water partition coefficient (Wildman–Crippen LogP) is 3.22. The van der Waals surface area contributed by atoms with Crippen LogP contribution in [0.3, 0.4) is 0 Å². The Kier molecular flexibility index (Phi) is 4.69. The summed E-state index contributed by atoms with van der Waals surface area (Å²) >= 11 is 6.36. The van der Waals surface area contributed by atoms with E-state index >= 15 is 0 Å². The highest BCUT2D eigenvalue weighted by atomic mass is 35.5. The van der Waals surface area contributed by atoms with Crippen LogP contribution in [0.4, 0.5) is 5.69 Å². The molecule has 1 fully saturated rings. The van der Waals surface area contributed by atoms with E-state index in [2.05, 4.69) is 23.1 Å². The molecule has 0 saturated carbocycles. The molecule has 2 N–H and O–H groups in total. The van der Waals surface area contributed by atoms with Crippen molar-refractivity contribution in [1.82, 2.24) is 0 Å². The number of hydrogen-bond acceptors (Lipinski definition) is 2. The zero-order valence-corrected chi connectivity index (χ0v) is 11.0. The van der Waals surface area contributed by atoms with E-state index in [0.717, 1.165) is 43.9 Å². The second kappa shape index (κ2) is 6.27. The van der Waals surface area contributed by atoms with Crippen LogP contribution in [0.5, 0.6) is 0 Å². The molecule has 0 radical (unpaired) electrons. The minimum absolute atomic E-state index is 0.777. The topological polar surface area (TPSA) is 29.3 Å². The van der Waals surface area contributed by atoms with Crippen LogP contribution >= 0.6 is 11.6 Å². The third-order valence-electron chi connectivity index (χ3n) is 3.38. The smallest absolute Gasteiger partial charge is 0.0642 e. The first kappa shape index (κ1) is 12.7. The van der Waals surface area contributed by atoms with Gasteiger partial charge in [-0.2, -0.15) is 0 Å². The quantitative estimate of drug-likeness (QED) is 0.816. The maximum Gasteiger partial charge on any atom is 0.0642 e. The van der Waals surface area contributed by atoms with Gasteiger partial charge in [-0.25, -0.2) is 0 Å². The number of aryl methyl sites for hydroxylation is 1. The summed E-state index contributed by atoms with van der Waals surface area (Å²) in [5, 5.41) is 0.900. The molecule has 3 heteroatoms. The Morgan fingerprint density at radius 2 is 1.94 bits per heavy atom. The molecule has 0 atom stereocenters. The Balaban J connectivity index is 2.00. The second-order valence-electron chi connectivity index (χ2n) is 4.73. The molecular weight excluding hydrogens is 232 g/mol. The van der Waals surface area contributed by atoms with Gasteiger partial charge in [-0.15, -0.1) is 0 Å². The molecule has 94 valence electrons. The van der Waals surface area contributed by atoms with Crippen molar-refractivity contribution in [2.24, 2.45) is 5.73 Å². The zero-order chi connectivity index (χ0) is 12.1. The van der Waals surface area contributed by atoms with Gasteiger partial charge in [0.1, 0.15) is 0 Å². The van der Waals surface area contributed by atoms with Gasteiger partial charge in [0, 0.05) is 13.1 Å². The molecule has 2 nitrogen and oxygen atoms in total. The molecule has 1 aromatic rings. The lowest BCUT2D eigenvalue weighted by atomic mass is 10.1. The number of benzene rings is 1. The van der Waals surface area contributed by atoms with Crippen molar-refractivity contribution in [3.63, 3.8) is 0 Å². The maximum absolute atomic E-state index is 6.36. The van der Waals surface area contributed by atoms with Gasteiger partial charge in [0.15, 0.2) is 0 Å². The maximum atomic E-state index is 6.36. The fourth-order valence-electron chi connectivity index (χ4n) is 2.39. The molecule has 0 unspecified atom stereocenters. The van der Waals surface area contributed by atoms with E-state index in [4.69, 9.17) is 17.3 Å². The number of halogens is 1. The number of unbranched alkanes of at least 4 members (excludes halogenated alkanes) is 1. The summed E-state index contributed by atoms with van der Waals surface area (Å²) in [6.07, 6.45) is 5.89. The highest BCUT2D eigenvalue weighted by Gasteiger charge is 2.14. The summed E-state index contributed by atoms with van der Waals surface area (Å²) in [5.41, 5.74) is 8.02. The Hall–Kier alpha value is -0.730. The van der Waals surface area contributed by atoms with Crippen LogP contribution in [-0.2, 0) is 6.42 Å². The van der Waals surface area contributed by atoms with E-state index in [0.29, 0.717) is 0 Å². The molecule has 1 saturated heterocycles. The Labute approximate surface area is 109 Å². The van der Waals surface area contributed by atoms with Gasteiger partial charge >= 0.3 is 0 Å². The van der Waals surface area contributed by atoms with Gasteiger partial charge in [-0.3, -0.25) is 0 Å². The summed E-state index contributed by atoms with van der Waals surface area (Å²) in [6, 6.07) is 6.49. The average Bonchev–Trinajstić information content (AvgIpc) is 2.83. The van der Waals surface area contributed by atoms with Crippen molar-refractivity contribution in [3.8, 4) is 0 Å². The lowest BCUT2D eigenvalue weighted by molar-refractivity contribution is 0.745. The van der Waals surface area contributed by atoms with Crippen molar-refractivity contribution in [2.45, 2.75) is 32.1 Å². The minimum atomic E-state index is 0.777. The minimum Gasteiger partial charge on any atom is -0.370 e. The average molecular weight is 253 g/mol. The van der Waals surface area contributed by atoms with E-state index in [1.54, 1.807) is 0 Å². The van der Waals surface area contributed by atoms with Crippen LogP contribution in [0.2, 0.25) is 5.02 Å². The van der Waals surface area contributed by atoms with E-state index in [-0.39, 0.29) is 0 Å². The Morgan fingerprint density at radius 1 is 1.18 bits per heavy atom. The number of hydrogen-bond donors (Lipinski definition) is 1. The van der Waals surface area contributed by atoms with Gasteiger partial charge in [-0.1, -0.05) is 17.7 Å². The normalized spacial score (nSPS) is 15.5. The highest BCUT2D eigenvalue weighted by Crippen LogP contribution is 2.29. The van der Waals surface area contributed by atoms with Gasteiger partial charge in [0.25, 0.3) is 0 Å². The summed E-state index contributed by atoms with van der Waals surface area (Å²) in [4.78, 5) is 2.38. The molecule has 1 aliphatic heterocycles. The van der Waals surface area contributed by atoms with Crippen LogP contribution in [0, 0.1) is 0 Å². The summed E-state index contributed by atoms with van der Waals surface area (Å²) < 4.78 is 0. The Bertz CT molecular complexity index is 359. The molecule has 0 spiro atoms. The van der Waals surface area contributed by atoms with Crippen molar-refractivity contribution >= 4 is 17.3 Å². The fraction of sp³-hybridized carbons (Fsp3) is 0.571. The lowest BCUT2D eigenvalue weighted by Gasteiger charge is -2.19. The van der Waals surface area contributed by atoms with Crippen molar-refractivity contribution in [3.05, 3.63) is 28.8 Å². The summed E-state index contributed by atoms with van der Waals surface area (Å²) in [5.74, 6) is 0. The number of nitrogens with two attached hydrogens (primary N) is 1. The lowest BCUT2D eigenvalue weighted by Crippen LogP contribution is -2.17. The molecule has 0 bridgehead atoms. The van der Waals surface area contributed by atoms with Gasteiger partial charge < -0.3 is 10.6 Å². The molecule has 1 aromatic carbocycles. The van der Waals surface area contributed by atoms with Crippen LogP contribution < -0.4 is 10.6 Å². The third-order valence-corrected chi connectivity index (χ3v) is 3.68. The fourth-order valence-corrected chi connectivity index (χ4v) is 2.72. The molecular formula is C14H21ClN2. The van der Waals surface area contributed by atoms with Gasteiger partial charge in [0.05, 0.1) is 10.7 Å². The van der Waals surface area contributed by atoms with E-state index in [1.807, 2.05) is 0 Å². The van der Waals surface area contributed by atoms with Crippen LogP contribution in [0.1, 0.15) is 31.2 Å². The molecule has 2 rings (SSSR count). The SMILES string of the molecule is NCCCCc1ccc(N2CCCC2)c(Cl)c1. The summed E-state index contributed by atoms with van der Waals surface area (Å²) in [7, 11) is 0. The van der Waals surface area contributed by atoms with Crippen molar-refractivity contribution in [2.75, 3.05) is 24.5 Å². The molecule has 0 amide bonds. The largest absolute Gasteiger partial charge is 0.370 e. The molecule has 0 aliphatic carbocycles. The molecule has 17 heavy (non-hydrogen) atoms. The molecule has 1 heterocycles. The van der Waals surface area contributed by atoms with E-state index < -0.39 is 0 Å². The number of nitrogens with zero attached hydrogens (tertiary/aromatic N) is 1. The second-order valence-corrected chi connectivity index (χ2v) is 5.13. The third kappa shape index (κ3) is 3.36. The van der Waals surface area contributed by atoms with Crippen LogP contribution in [-0.4, -0.2) is 19.6 Å². The molecule has 1 aliphatic rings. The van der Waals surface area contributed by atoms with Crippen molar-refractivity contribution < 1.29 is 0 Å². The summed E-state index contributed by atoms with van der Waals surface area (Å²) in [6.45, 7) is 3.07. The Morgan fingerprint density at radius 3 is 2.59 bits per heavy atom. The van der Waals surface area contributed by atoms with Crippen molar-refractivity contribution in [1.29, 1.82) is 0 Å². The van der Waals surface area contributed by atoms with Crippen LogP contribution in [0.15, 0.2) is 18.2 Å². The monoisotopic (exact) mass is 252 g/mol. The van der Waals surface area contributed by atoms with E-state index in [9.17, 15) is 0 Å². The standard InChI is InChI=1S/C14H21ClN2/c15-13-11-12(5-1-2-8-16)6-7-14(13)17-9-3-4-10-17/h6-7,11H,1-5,8-10,16H2. The number of anilines is 1. The van der Waals surface area contributed by atoms with Crippen LogP contribution in [0.25, 0.3) is 0 Å². The van der Waals surface area contributed by atoms with Gasteiger partial charge in [0.2, 0.25) is 0 Å². The first-order valence-corrected chi connectivity index (χ1v) is 6.92. The first-order valence-electron chi connectivity index (χ1n) is 6.54. The number of rotatable bonds is 5.